The number of amides is 2. The molecule has 1 aliphatic rings. The standard InChI is InChI=1S/C14H19N3O4S/c1-15-14(19)12-7-10-5-3-4-6-11(10)8-17(12)13(18)9-22(20,21)16-2/h3-6,12,16H,7-9H2,1-2H3,(H,15,19). The molecule has 22 heavy (non-hydrogen) atoms. The van der Waals surface area contributed by atoms with Crippen LogP contribution in [0.2, 0.25) is 0 Å². The SMILES string of the molecule is CNC(=O)C1Cc2ccccc2CN1C(=O)CS(=O)(=O)NC. The molecule has 0 bridgehead atoms. The fourth-order valence-corrected chi connectivity index (χ4v) is 3.14. The number of hydrogen-bond acceptors (Lipinski definition) is 4. The Bertz CT molecular complexity index is 687. The van der Waals surface area contributed by atoms with Gasteiger partial charge in [-0.25, -0.2) is 13.1 Å². The largest absolute Gasteiger partial charge is 0.357 e. The van der Waals surface area contributed by atoms with Crippen molar-refractivity contribution >= 4 is 21.8 Å². The third kappa shape index (κ3) is 3.45. The molecule has 0 spiro atoms. The second kappa shape index (κ2) is 6.45. The van der Waals surface area contributed by atoms with Gasteiger partial charge in [-0.2, -0.15) is 0 Å². The van der Waals surface area contributed by atoms with Gasteiger partial charge in [-0.05, 0) is 18.2 Å². The number of carbonyl (C=O) groups excluding carboxylic acids is 2. The van der Waals surface area contributed by atoms with Crippen LogP contribution in [-0.2, 0) is 32.6 Å². The van der Waals surface area contributed by atoms with Crippen LogP contribution in [0.3, 0.4) is 0 Å². The number of nitrogens with zero attached hydrogens (tertiary/aromatic N) is 1. The molecule has 7 nitrogen and oxygen atoms in total. The van der Waals surface area contributed by atoms with Crippen LogP contribution in [0.4, 0.5) is 0 Å². The number of hydrogen-bond donors (Lipinski definition) is 2. The van der Waals surface area contributed by atoms with Crippen LogP contribution in [0, 0.1) is 0 Å². The Morgan fingerprint density at radius 2 is 1.86 bits per heavy atom. The first-order chi connectivity index (χ1) is 10.4. The lowest BCUT2D eigenvalue weighted by atomic mass is 9.93. The normalized spacial score (nSPS) is 17.7. The molecule has 0 aromatic heterocycles. The van der Waals surface area contributed by atoms with Gasteiger partial charge in [-0.15, -0.1) is 0 Å². The zero-order valence-electron chi connectivity index (χ0n) is 12.5. The molecule has 0 aliphatic carbocycles. The summed E-state index contributed by atoms with van der Waals surface area (Å²) in [6.45, 7) is 0.228. The lowest BCUT2D eigenvalue weighted by molar-refractivity contribution is -0.139. The third-order valence-electron chi connectivity index (χ3n) is 3.74. The molecule has 120 valence electrons. The Labute approximate surface area is 129 Å². The van der Waals surface area contributed by atoms with Crippen molar-refractivity contribution in [2.75, 3.05) is 19.8 Å². The van der Waals surface area contributed by atoms with E-state index >= 15 is 0 Å². The first kappa shape index (κ1) is 16.4. The van der Waals surface area contributed by atoms with Gasteiger partial charge in [0.05, 0.1) is 0 Å². The highest BCUT2D eigenvalue weighted by atomic mass is 32.2. The molecule has 0 saturated carbocycles. The average Bonchev–Trinajstić information content (AvgIpc) is 2.52. The second-order valence-corrected chi connectivity index (χ2v) is 7.01. The highest BCUT2D eigenvalue weighted by Gasteiger charge is 2.35. The summed E-state index contributed by atoms with van der Waals surface area (Å²) >= 11 is 0. The maximum Gasteiger partial charge on any atom is 0.242 e. The van der Waals surface area contributed by atoms with Crippen molar-refractivity contribution in [3.05, 3.63) is 35.4 Å². The van der Waals surface area contributed by atoms with E-state index in [4.69, 9.17) is 0 Å². The Hall–Kier alpha value is -1.93. The van der Waals surface area contributed by atoms with Crippen molar-refractivity contribution in [1.29, 1.82) is 0 Å². The van der Waals surface area contributed by atoms with Crippen LogP contribution >= 0.6 is 0 Å². The summed E-state index contributed by atoms with van der Waals surface area (Å²) in [5.74, 6) is -1.55. The Balaban J connectivity index is 2.30. The zero-order valence-corrected chi connectivity index (χ0v) is 13.3. The van der Waals surface area contributed by atoms with E-state index in [-0.39, 0.29) is 12.5 Å². The number of sulfonamides is 1. The Morgan fingerprint density at radius 1 is 1.23 bits per heavy atom. The first-order valence-electron chi connectivity index (χ1n) is 6.87. The molecule has 2 amide bonds. The van der Waals surface area contributed by atoms with Crippen LogP contribution in [0.25, 0.3) is 0 Å². The molecule has 8 heteroatoms. The average molecular weight is 325 g/mol. The van der Waals surface area contributed by atoms with Gasteiger partial charge in [0.15, 0.2) is 0 Å². The summed E-state index contributed by atoms with van der Waals surface area (Å²) in [6.07, 6.45) is 0.376. The molecular weight excluding hydrogens is 306 g/mol. The minimum absolute atomic E-state index is 0.228. The van der Waals surface area contributed by atoms with Gasteiger partial charge in [-0.3, -0.25) is 9.59 Å². The van der Waals surface area contributed by atoms with Gasteiger partial charge in [0.25, 0.3) is 0 Å². The number of likely N-dealkylation sites (N-methyl/N-ethyl adjacent to an activating group) is 1. The van der Waals surface area contributed by atoms with Crippen molar-refractivity contribution in [1.82, 2.24) is 14.9 Å². The zero-order chi connectivity index (χ0) is 16.3. The Kier molecular flexibility index (Phi) is 4.82. The molecule has 1 aliphatic heterocycles. The van der Waals surface area contributed by atoms with E-state index in [0.717, 1.165) is 11.1 Å². The first-order valence-corrected chi connectivity index (χ1v) is 8.52. The number of fused-ring (bicyclic) bond motifs is 1. The van der Waals surface area contributed by atoms with Gasteiger partial charge in [0, 0.05) is 20.0 Å². The minimum Gasteiger partial charge on any atom is -0.357 e. The summed E-state index contributed by atoms with van der Waals surface area (Å²) < 4.78 is 25.3. The number of nitrogens with one attached hydrogen (secondary N) is 2. The maximum absolute atomic E-state index is 12.3. The molecule has 1 aromatic carbocycles. The topological polar surface area (TPSA) is 95.6 Å². The van der Waals surface area contributed by atoms with Gasteiger partial charge in [0.1, 0.15) is 11.8 Å². The van der Waals surface area contributed by atoms with Crippen LogP contribution in [0.5, 0.6) is 0 Å². The van der Waals surface area contributed by atoms with E-state index in [1.165, 1.54) is 19.0 Å². The monoisotopic (exact) mass is 325 g/mol. The molecular formula is C14H19N3O4S. The van der Waals surface area contributed by atoms with Crippen LogP contribution < -0.4 is 10.0 Å². The molecule has 2 N–H and O–H groups in total. The van der Waals surface area contributed by atoms with E-state index in [0.29, 0.717) is 6.42 Å². The lowest BCUT2D eigenvalue weighted by Gasteiger charge is -2.35. The number of benzene rings is 1. The summed E-state index contributed by atoms with van der Waals surface area (Å²) in [5, 5.41) is 2.53. The summed E-state index contributed by atoms with van der Waals surface area (Å²) in [5.41, 5.74) is 1.93. The van der Waals surface area contributed by atoms with Crippen molar-refractivity contribution in [3.8, 4) is 0 Å². The Morgan fingerprint density at radius 3 is 2.45 bits per heavy atom. The predicted octanol–water partition coefficient (Wildman–Crippen LogP) is -0.765. The van der Waals surface area contributed by atoms with E-state index in [2.05, 4.69) is 10.0 Å². The quantitative estimate of drug-likeness (QED) is 0.760. The van der Waals surface area contributed by atoms with Crippen molar-refractivity contribution in [2.45, 2.75) is 19.0 Å². The highest BCUT2D eigenvalue weighted by Crippen LogP contribution is 2.23. The van der Waals surface area contributed by atoms with E-state index in [1.54, 1.807) is 0 Å². The minimum atomic E-state index is -3.67. The second-order valence-electron chi connectivity index (χ2n) is 5.09. The fraction of sp³-hybridized carbons (Fsp3) is 0.429. The van der Waals surface area contributed by atoms with Gasteiger partial charge < -0.3 is 10.2 Å². The van der Waals surface area contributed by atoms with Gasteiger partial charge in [-0.1, -0.05) is 24.3 Å². The van der Waals surface area contributed by atoms with E-state index in [9.17, 15) is 18.0 Å². The molecule has 0 saturated heterocycles. The van der Waals surface area contributed by atoms with Crippen molar-refractivity contribution < 1.29 is 18.0 Å². The molecule has 1 unspecified atom stereocenters. The number of carbonyl (C=O) groups is 2. The van der Waals surface area contributed by atoms with E-state index < -0.39 is 27.7 Å². The van der Waals surface area contributed by atoms with Crippen molar-refractivity contribution in [2.24, 2.45) is 0 Å². The predicted molar refractivity (Wildman–Crippen MR) is 81.4 cm³/mol. The summed E-state index contributed by atoms with van der Waals surface area (Å²) in [4.78, 5) is 25.7. The van der Waals surface area contributed by atoms with Gasteiger partial charge >= 0.3 is 0 Å². The van der Waals surface area contributed by atoms with Crippen LogP contribution in [0.1, 0.15) is 11.1 Å². The summed E-state index contributed by atoms with van der Waals surface area (Å²) in [7, 11) is -0.924. The van der Waals surface area contributed by atoms with Crippen LogP contribution in [-0.4, -0.2) is 51.0 Å². The highest BCUT2D eigenvalue weighted by molar-refractivity contribution is 7.90. The smallest absolute Gasteiger partial charge is 0.242 e. The van der Waals surface area contributed by atoms with Crippen molar-refractivity contribution in [3.63, 3.8) is 0 Å². The molecule has 0 fully saturated rings. The van der Waals surface area contributed by atoms with E-state index in [1.807, 2.05) is 24.3 Å². The maximum atomic E-state index is 12.3. The lowest BCUT2D eigenvalue weighted by Crippen LogP contribution is -2.53. The number of rotatable bonds is 4. The van der Waals surface area contributed by atoms with Crippen LogP contribution in [0.15, 0.2) is 24.3 Å². The van der Waals surface area contributed by atoms with Gasteiger partial charge in [0.2, 0.25) is 21.8 Å². The molecule has 1 heterocycles. The molecule has 2 rings (SSSR count). The molecule has 1 atom stereocenters. The molecule has 0 radical (unpaired) electrons. The summed E-state index contributed by atoms with van der Waals surface area (Å²) in [6, 6.07) is 6.83. The fourth-order valence-electron chi connectivity index (χ4n) is 2.50. The third-order valence-corrected chi connectivity index (χ3v) is 4.99. The molecule has 1 aromatic rings.